The molecular weight excluding hydrogens is 320 g/mol. The summed E-state index contributed by atoms with van der Waals surface area (Å²) < 4.78 is 11.1. The lowest BCUT2D eigenvalue weighted by molar-refractivity contribution is 0.0726. The van der Waals surface area contributed by atoms with Crippen LogP contribution in [-0.4, -0.2) is 52.2 Å². The standard InChI is InChI=1S/C18H22N4O3/c23-18(17-15-3-1-2-4-16(15)25-21-17)22-7-8-24-11-13(10-22)9-14-5-6-19-12-20-14/h5-6,12-13H,1-4,7-11H2/t13-/m1/s1. The van der Waals surface area contributed by atoms with Gasteiger partial charge in [0.1, 0.15) is 12.1 Å². The normalized spacial score (nSPS) is 20.8. The minimum atomic E-state index is -0.0370. The van der Waals surface area contributed by atoms with Gasteiger partial charge >= 0.3 is 0 Å². The number of aryl methyl sites for hydroxylation is 1. The summed E-state index contributed by atoms with van der Waals surface area (Å²) in [6, 6.07) is 1.91. The van der Waals surface area contributed by atoms with Crippen LogP contribution in [0.3, 0.4) is 0 Å². The second-order valence-corrected chi connectivity index (χ2v) is 6.74. The van der Waals surface area contributed by atoms with Crippen molar-refractivity contribution in [1.82, 2.24) is 20.0 Å². The highest BCUT2D eigenvalue weighted by atomic mass is 16.5. The van der Waals surface area contributed by atoms with Crippen LogP contribution in [-0.2, 0) is 24.0 Å². The number of amides is 1. The van der Waals surface area contributed by atoms with Gasteiger partial charge in [-0.3, -0.25) is 4.79 Å². The van der Waals surface area contributed by atoms with E-state index in [-0.39, 0.29) is 11.8 Å². The molecule has 1 aliphatic carbocycles. The minimum Gasteiger partial charge on any atom is -0.379 e. The number of carbonyl (C=O) groups is 1. The third-order valence-electron chi connectivity index (χ3n) is 4.92. The molecule has 1 atom stereocenters. The van der Waals surface area contributed by atoms with E-state index in [1.165, 1.54) is 0 Å². The third kappa shape index (κ3) is 3.56. The zero-order valence-electron chi connectivity index (χ0n) is 14.2. The fourth-order valence-electron chi connectivity index (χ4n) is 3.63. The second-order valence-electron chi connectivity index (χ2n) is 6.74. The Bertz CT molecular complexity index is 731. The van der Waals surface area contributed by atoms with E-state index in [2.05, 4.69) is 15.1 Å². The molecule has 7 heteroatoms. The molecule has 7 nitrogen and oxygen atoms in total. The highest BCUT2D eigenvalue weighted by molar-refractivity contribution is 5.94. The summed E-state index contributed by atoms with van der Waals surface area (Å²) in [5.41, 5.74) is 2.47. The van der Waals surface area contributed by atoms with Crippen molar-refractivity contribution in [3.8, 4) is 0 Å². The molecule has 3 heterocycles. The zero-order chi connectivity index (χ0) is 17.1. The van der Waals surface area contributed by atoms with Crippen molar-refractivity contribution >= 4 is 5.91 Å². The van der Waals surface area contributed by atoms with Crippen molar-refractivity contribution in [2.24, 2.45) is 5.92 Å². The van der Waals surface area contributed by atoms with Gasteiger partial charge in [-0.15, -0.1) is 0 Å². The van der Waals surface area contributed by atoms with Gasteiger partial charge in [-0.2, -0.15) is 0 Å². The lowest BCUT2D eigenvalue weighted by atomic mass is 9.96. The number of fused-ring (bicyclic) bond motifs is 1. The van der Waals surface area contributed by atoms with Crippen molar-refractivity contribution in [2.75, 3.05) is 26.3 Å². The lowest BCUT2D eigenvalue weighted by Crippen LogP contribution is -2.37. The molecule has 0 saturated carbocycles. The molecule has 0 radical (unpaired) electrons. The molecular formula is C18H22N4O3. The summed E-state index contributed by atoms with van der Waals surface area (Å²) in [7, 11) is 0. The van der Waals surface area contributed by atoms with Gasteiger partial charge in [-0.25, -0.2) is 9.97 Å². The first-order valence-electron chi connectivity index (χ1n) is 8.90. The van der Waals surface area contributed by atoms with E-state index < -0.39 is 0 Å². The van der Waals surface area contributed by atoms with E-state index in [9.17, 15) is 4.79 Å². The number of aromatic nitrogens is 3. The van der Waals surface area contributed by atoms with Crippen LogP contribution >= 0.6 is 0 Å². The predicted octanol–water partition coefficient (Wildman–Crippen LogP) is 1.67. The molecule has 0 aromatic carbocycles. The van der Waals surface area contributed by atoms with Crippen LogP contribution in [0.15, 0.2) is 23.1 Å². The van der Waals surface area contributed by atoms with Gasteiger partial charge in [0.2, 0.25) is 0 Å². The summed E-state index contributed by atoms with van der Waals surface area (Å²) in [6.45, 7) is 2.40. The first-order chi connectivity index (χ1) is 12.3. The van der Waals surface area contributed by atoms with E-state index in [1.807, 2.05) is 11.0 Å². The van der Waals surface area contributed by atoms with Crippen molar-refractivity contribution < 1.29 is 14.1 Å². The number of hydrogen-bond donors (Lipinski definition) is 0. The number of carbonyl (C=O) groups excluding carboxylic acids is 1. The Hall–Kier alpha value is -2.28. The largest absolute Gasteiger partial charge is 0.379 e. The smallest absolute Gasteiger partial charge is 0.276 e. The SMILES string of the molecule is O=C(c1noc2c1CCCC2)N1CCOC[C@H](Cc2ccncn2)C1. The predicted molar refractivity (Wildman–Crippen MR) is 89.1 cm³/mol. The zero-order valence-corrected chi connectivity index (χ0v) is 14.2. The van der Waals surface area contributed by atoms with Gasteiger partial charge < -0.3 is 14.2 Å². The summed E-state index contributed by atoms with van der Waals surface area (Å²) >= 11 is 0. The van der Waals surface area contributed by atoms with E-state index in [0.29, 0.717) is 32.0 Å². The van der Waals surface area contributed by atoms with Gasteiger partial charge in [0, 0.05) is 42.9 Å². The van der Waals surface area contributed by atoms with Crippen molar-refractivity contribution in [3.05, 3.63) is 41.3 Å². The molecule has 2 aliphatic rings. The average Bonchev–Trinajstić information content (AvgIpc) is 2.94. The minimum absolute atomic E-state index is 0.0370. The Labute approximate surface area is 146 Å². The summed E-state index contributed by atoms with van der Waals surface area (Å²) in [5, 5.41) is 4.08. The highest BCUT2D eigenvalue weighted by Crippen LogP contribution is 2.25. The fourth-order valence-corrected chi connectivity index (χ4v) is 3.63. The first kappa shape index (κ1) is 16.2. The molecule has 25 heavy (non-hydrogen) atoms. The maximum atomic E-state index is 13.0. The van der Waals surface area contributed by atoms with Gasteiger partial charge in [-0.05, 0) is 31.7 Å². The number of hydrogen-bond acceptors (Lipinski definition) is 6. The molecule has 0 unspecified atom stereocenters. The van der Waals surface area contributed by atoms with Crippen LogP contribution in [0.5, 0.6) is 0 Å². The van der Waals surface area contributed by atoms with Gasteiger partial charge in [0.15, 0.2) is 5.69 Å². The van der Waals surface area contributed by atoms with E-state index >= 15 is 0 Å². The summed E-state index contributed by atoms with van der Waals surface area (Å²) in [5.74, 6) is 1.06. The van der Waals surface area contributed by atoms with Crippen LogP contribution in [0.4, 0.5) is 0 Å². The molecule has 0 bridgehead atoms. The van der Waals surface area contributed by atoms with Gasteiger partial charge in [0.05, 0.1) is 13.2 Å². The Kier molecular flexibility index (Phi) is 4.74. The quantitative estimate of drug-likeness (QED) is 0.844. The van der Waals surface area contributed by atoms with Gasteiger partial charge in [-0.1, -0.05) is 5.16 Å². The van der Waals surface area contributed by atoms with Crippen molar-refractivity contribution in [3.63, 3.8) is 0 Å². The maximum absolute atomic E-state index is 13.0. The molecule has 2 aromatic heterocycles. The van der Waals surface area contributed by atoms with E-state index in [4.69, 9.17) is 9.26 Å². The van der Waals surface area contributed by atoms with Crippen LogP contribution in [0, 0.1) is 5.92 Å². The number of nitrogens with zero attached hydrogens (tertiary/aromatic N) is 4. The average molecular weight is 342 g/mol. The van der Waals surface area contributed by atoms with Crippen molar-refractivity contribution in [1.29, 1.82) is 0 Å². The Morgan fingerprint density at radius 2 is 2.24 bits per heavy atom. The molecule has 2 aromatic rings. The Balaban J connectivity index is 1.49. The van der Waals surface area contributed by atoms with E-state index in [1.54, 1.807) is 12.5 Å². The molecule has 4 rings (SSSR count). The number of ether oxygens (including phenoxy) is 1. The second kappa shape index (κ2) is 7.31. The monoisotopic (exact) mass is 342 g/mol. The summed E-state index contributed by atoms with van der Waals surface area (Å²) in [4.78, 5) is 23.1. The Morgan fingerprint density at radius 3 is 3.12 bits per heavy atom. The Morgan fingerprint density at radius 1 is 1.32 bits per heavy atom. The highest BCUT2D eigenvalue weighted by Gasteiger charge is 2.30. The van der Waals surface area contributed by atoms with Crippen LogP contribution in [0.2, 0.25) is 0 Å². The van der Waals surface area contributed by atoms with E-state index in [0.717, 1.165) is 49.1 Å². The lowest BCUT2D eigenvalue weighted by Gasteiger charge is -2.23. The van der Waals surface area contributed by atoms with Gasteiger partial charge in [0.25, 0.3) is 5.91 Å². The van der Waals surface area contributed by atoms with Crippen LogP contribution in [0.25, 0.3) is 0 Å². The van der Waals surface area contributed by atoms with Crippen LogP contribution in [0.1, 0.15) is 40.3 Å². The maximum Gasteiger partial charge on any atom is 0.276 e. The molecule has 0 N–H and O–H groups in total. The van der Waals surface area contributed by atoms with Crippen LogP contribution < -0.4 is 0 Å². The molecule has 132 valence electrons. The summed E-state index contributed by atoms with van der Waals surface area (Å²) in [6.07, 6.45) is 8.03. The molecule has 0 spiro atoms. The van der Waals surface area contributed by atoms with Crippen molar-refractivity contribution in [2.45, 2.75) is 32.1 Å². The first-order valence-corrected chi connectivity index (χ1v) is 8.90. The molecule has 1 fully saturated rings. The number of rotatable bonds is 3. The molecule has 1 amide bonds. The molecule has 1 aliphatic heterocycles. The fraction of sp³-hybridized carbons (Fsp3) is 0.556. The topological polar surface area (TPSA) is 81.4 Å². The third-order valence-corrected chi connectivity index (χ3v) is 4.92. The molecule has 1 saturated heterocycles.